The van der Waals surface area contributed by atoms with E-state index in [-0.39, 0.29) is 17.9 Å². The van der Waals surface area contributed by atoms with Gasteiger partial charge in [-0.05, 0) is 68.7 Å². The average Bonchev–Trinajstić information content (AvgIpc) is 3.03. The van der Waals surface area contributed by atoms with Crippen LogP contribution < -0.4 is 5.73 Å². The molecule has 2 N–H and O–H groups in total. The first-order valence-electron chi connectivity index (χ1n) is 8.26. The Balaban J connectivity index is 1.70. The van der Waals surface area contributed by atoms with E-state index in [1.165, 1.54) is 37.8 Å². The maximum absolute atomic E-state index is 13.1. The third-order valence-corrected chi connectivity index (χ3v) is 5.59. The van der Waals surface area contributed by atoms with Crippen molar-refractivity contribution in [3.05, 3.63) is 35.6 Å². The number of benzene rings is 1. The van der Waals surface area contributed by atoms with Crippen LogP contribution in [0.4, 0.5) is 4.39 Å². The van der Waals surface area contributed by atoms with Crippen LogP contribution in [0.25, 0.3) is 0 Å². The minimum atomic E-state index is -0.182. The molecule has 1 aromatic rings. The van der Waals surface area contributed by atoms with Gasteiger partial charge in [-0.15, -0.1) is 0 Å². The monoisotopic (exact) mass is 290 g/mol. The molecule has 1 aromatic carbocycles. The van der Waals surface area contributed by atoms with E-state index in [2.05, 4.69) is 11.9 Å². The number of rotatable bonds is 5. The Labute approximate surface area is 127 Å². The Morgan fingerprint density at radius 3 is 2.48 bits per heavy atom. The molecule has 0 aromatic heterocycles. The summed E-state index contributed by atoms with van der Waals surface area (Å²) in [6.45, 7) is 3.16. The van der Waals surface area contributed by atoms with Gasteiger partial charge in [-0.25, -0.2) is 4.39 Å². The number of hydrogen-bond donors (Lipinski definition) is 1. The van der Waals surface area contributed by atoms with Crippen molar-refractivity contribution in [2.45, 2.75) is 44.7 Å². The molecule has 2 bridgehead atoms. The van der Waals surface area contributed by atoms with Gasteiger partial charge < -0.3 is 5.73 Å². The molecule has 2 fully saturated rings. The molecule has 2 nitrogen and oxygen atoms in total. The molecule has 3 rings (SSSR count). The zero-order valence-corrected chi connectivity index (χ0v) is 13.1. The number of hydrogen-bond acceptors (Lipinski definition) is 2. The molecule has 0 heterocycles. The summed E-state index contributed by atoms with van der Waals surface area (Å²) in [6.07, 6.45) is 5.70. The number of nitrogens with zero attached hydrogens (tertiary/aromatic N) is 1. The molecule has 0 aliphatic heterocycles. The Kier molecular flexibility index (Phi) is 4.32. The van der Waals surface area contributed by atoms with Crippen molar-refractivity contribution in [2.75, 3.05) is 13.6 Å². The normalized spacial score (nSPS) is 30.8. The number of halogens is 1. The highest BCUT2D eigenvalue weighted by molar-refractivity contribution is 5.21. The molecule has 0 amide bonds. The SMILES string of the molecule is CC(N)C(c1ccc(F)cc1)N(C)CC1CC2CCC1C2. The Morgan fingerprint density at radius 1 is 1.24 bits per heavy atom. The highest BCUT2D eigenvalue weighted by atomic mass is 19.1. The van der Waals surface area contributed by atoms with E-state index >= 15 is 0 Å². The first-order chi connectivity index (χ1) is 10.0. The summed E-state index contributed by atoms with van der Waals surface area (Å²) in [5.41, 5.74) is 7.34. The standard InChI is InChI=1S/C18H27FN2/c1-12(20)18(14-5-7-17(19)8-6-14)21(2)11-16-10-13-3-4-15(16)9-13/h5-8,12-13,15-16,18H,3-4,9-11,20H2,1-2H3. The second kappa shape index (κ2) is 6.05. The molecule has 2 aliphatic rings. The van der Waals surface area contributed by atoms with E-state index in [1.807, 2.05) is 19.1 Å². The van der Waals surface area contributed by atoms with Crippen molar-refractivity contribution in [2.24, 2.45) is 23.5 Å². The van der Waals surface area contributed by atoms with Crippen LogP contribution in [-0.2, 0) is 0 Å². The van der Waals surface area contributed by atoms with Gasteiger partial charge in [0.15, 0.2) is 0 Å². The first-order valence-corrected chi connectivity index (χ1v) is 8.26. The summed E-state index contributed by atoms with van der Waals surface area (Å²) < 4.78 is 13.1. The van der Waals surface area contributed by atoms with Crippen LogP contribution in [0.3, 0.4) is 0 Å². The molecule has 0 saturated heterocycles. The van der Waals surface area contributed by atoms with Gasteiger partial charge in [0, 0.05) is 18.6 Å². The Bertz CT molecular complexity index is 471. The first kappa shape index (κ1) is 15.0. The summed E-state index contributed by atoms with van der Waals surface area (Å²) in [7, 11) is 2.17. The van der Waals surface area contributed by atoms with Crippen molar-refractivity contribution in [1.82, 2.24) is 4.90 Å². The lowest BCUT2D eigenvalue weighted by Crippen LogP contribution is -2.40. The van der Waals surface area contributed by atoms with Crippen molar-refractivity contribution < 1.29 is 4.39 Å². The smallest absolute Gasteiger partial charge is 0.123 e. The Morgan fingerprint density at radius 2 is 1.95 bits per heavy atom. The van der Waals surface area contributed by atoms with Crippen molar-refractivity contribution in [3.8, 4) is 0 Å². The molecule has 2 aliphatic carbocycles. The number of likely N-dealkylation sites (N-methyl/N-ethyl adjacent to an activating group) is 1. The minimum absolute atomic E-state index is 0.0408. The van der Waals surface area contributed by atoms with Crippen molar-refractivity contribution in [1.29, 1.82) is 0 Å². The molecule has 5 unspecified atom stereocenters. The van der Waals surface area contributed by atoms with Gasteiger partial charge >= 0.3 is 0 Å². The van der Waals surface area contributed by atoms with Gasteiger partial charge in [0.25, 0.3) is 0 Å². The van der Waals surface area contributed by atoms with Crippen LogP contribution in [0.15, 0.2) is 24.3 Å². The zero-order valence-electron chi connectivity index (χ0n) is 13.1. The van der Waals surface area contributed by atoms with Gasteiger partial charge in [0.1, 0.15) is 5.82 Å². The van der Waals surface area contributed by atoms with Crippen LogP contribution in [0.5, 0.6) is 0 Å². The molecule has 0 radical (unpaired) electrons. The van der Waals surface area contributed by atoms with Crippen LogP contribution in [0, 0.1) is 23.6 Å². The summed E-state index contributed by atoms with van der Waals surface area (Å²) in [6, 6.07) is 7.04. The fourth-order valence-corrected chi connectivity index (χ4v) is 4.70. The van der Waals surface area contributed by atoms with Crippen LogP contribution in [-0.4, -0.2) is 24.5 Å². The minimum Gasteiger partial charge on any atom is -0.326 e. The van der Waals surface area contributed by atoms with E-state index in [0.29, 0.717) is 0 Å². The van der Waals surface area contributed by atoms with E-state index in [9.17, 15) is 4.39 Å². The van der Waals surface area contributed by atoms with Crippen LogP contribution in [0.1, 0.15) is 44.2 Å². The predicted octanol–water partition coefficient (Wildman–Crippen LogP) is 3.58. The second-order valence-electron chi connectivity index (χ2n) is 7.23. The number of fused-ring (bicyclic) bond motifs is 2. The lowest BCUT2D eigenvalue weighted by atomic mass is 9.87. The van der Waals surface area contributed by atoms with E-state index in [0.717, 1.165) is 29.9 Å². The van der Waals surface area contributed by atoms with Gasteiger partial charge in [-0.2, -0.15) is 0 Å². The largest absolute Gasteiger partial charge is 0.326 e. The number of nitrogens with two attached hydrogens (primary N) is 1. The van der Waals surface area contributed by atoms with E-state index in [4.69, 9.17) is 5.73 Å². The fraction of sp³-hybridized carbons (Fsp3) is 0.667. The fourth-order valence-electron chi connectivity index (χ4n) is 4.70. The highest BCUT2D eigenvalue weighted by Gasteiger charge is 2.40. The predicted molar refractivity (Wildman–Crippen MR) is 84.4 cm³/mol. The topological polar surface area (TPSA) is 29.3 Å². The molecular formula is C18H27FN2. The van der Waals surface area contributed by atoms with Crippen LogP contribution >= 0.6 is 0 Å². The molecule has 0 spiro atoms. The van der Waals surface area contributed by atoms with Gasteiger partial charge in [-0.1, -0.05) is 18.6 Å². The summed E-state index contributed by atoms with van der Waals surface area (Å²) in [4.78, 5) is 2.39. The van der Waals surface area contributed by atoms with Gasteiger partial charge in [0.05, 0.1) is 0 Å². The second-order valence-corrected chi connectivity index (χ2v) is 7.23. The zero-order chi connectivity index (χ0) is 15.0. The third-order valence-electron chi connectivity index (χ3n) is 5.59. The molecule has 21 heavy (non-hydrogen) atoms. The quantitative estimate of drug-likeness (QED) is 0.898. The summed E-state index contributed by atoms with van der Waals surface area (Å²) >= 11 is 0. The van der Waals surface area contributed by atoms with E-state index < -0.39 is 0 Å². The molecule has 2 saturated carbocycles. The molecule has 116 valence electrons. The average molecular weight is 290 g/mol. The molecule has 3 heteroatoms. The lowest BCUT2D eigenvalue weighted by Gasteiger charge is -2.35. The van der Waals surface area contributed by atoms with Gasteiger partial charge in [-0.3, -0.25) is 4.90 Å². The summed E-state index contributed by atoms with van der Waals surface area (Å²) in [5, 5.41) is 0. The third kappa shape index (κ3) is 3.14. The molecular weight excluding hydrogens is 263 g/mol. The lowest BCUT2D eigenvalue weighted by molar-refractivity contribution is 0.158. The maximum Gasteiger partial charge on any atom is 0.123 e. The molecule has 5 atom stereocenters. The maximum atomic E-state index is 13.1. The van der Waals surface area contributed by atoms with Crippen molar-refractivity contribution in [3.63, 3.8) is 0 Å². The van der Waals surface area contributed by atoms with E-state index in [1.54, 1.807) is 0 Å². The summed E-state index contributed by atoms with van der Waals surface area (Å²) in [5.74, 6) is 2.56. The highest BCUT2D eigenvalue weighted by Crippen LogP contribution is 2.48. The van der Waals surface area contributed by atoms with Crippen molar-refractivity contribution >= 4 is 0 Å². The van der Waals surface area contributed by atoms with Crippen LogP contribution in [0.2, 0.25) is 0 Å². The van der Waals surface area contributed by atoms with Gasteiger partial charge in [0.2, 0.25) is 0 Å². The Hall–Kier alpha value is -0.930.